The van der Waals surface area contributed by atoms with Gasteiger partial charge in [0.2, 0.25) is 17.7 Å². The third-order valence-corrected chi connectivity index (χ3v) is 6.92. The van der Waals surface area contributed by atoms with Crippen LogP contribution in [0.3, 0.4) is 0 Å². The molecule has 0 spiro atoms. The van der Waals surface area contributed by atoms with Gasteiger partial charge in [0.05, 0.1) is 18.9 Å². The molecule has 2 heterocycles. The number of benzene rings is 2. The number of carbonyl (C=O) groups excluding carboxylic acids is 3. The van der Waals surface area contributed by atoms with E-state index in [1.165, 1.54) is 4.90 Å². The van der Waals surface area contributed by atoms with Crippen LogP contribution in [0.15, 0.2) is 60.8 Å². The fraction of sp³-hybridized carbons (Fsp3) is 0.379. The summed E-state index contributed by atoms with van der Waals surface area (Å²) in [4.78, 5) is 56.0. The van der Waals surface area contributed by atoms with Crippen molar-refractivity contribution in [2.75, 3.05) is 6.54 Å². The number of aromatic nitrogens is 1. The second-order valence-electron chi connectivity index (χ2n) is 9.80. The van der Waals surface area contributed by atoms with E-state index in [9.17, 15) is 24.3 Å². The zero-order chi connectivity index (χ0) is 27.1. The maximum absolute atomic E-state index is 13.8. The fourth-order valence-electron chi connectivity index (χ4n) is 5.04. The van der Waals surface area contributed by atoms with Crippen molar-refractivity contribution in [3.05, 3.63) is 71.9 Å². The van der Waals surface area contributed by atoms with Crippen LogP contribution in [-0.2, 0) is 32.0 Å². The third kappa shape index (κ3) is 6.59. The number of aliphatic carboxylic acids is 1. The quantitative estimate of drug-likeness (QED) is 0.310. The van der Waals surface area contributed by atoms with Crippen molar-refractivity contribution in [1.29, 1.82) is 0 Å². The maximum Gasteiger partial charge on any atom is 0.305 e. The largest absolute Gasteiger partial charge is 0.481 e. The maximum atomic E-state index is 13.8. The molecule has 0 aliphatic carbocycles. The van der Waals surface area contributed by atoms with Gasteiger partial charge in [-0.1, -0.05) is 68.3 Å². The van der Waals surface area contributed by atoms with E-state index < -0.39 is 36.3 Å². The molecule has 1 fully saturated rings. The minimum absolute atomic E-state index is 0.0928. The Kier molecular flexibility index (Phi) is 8.78. The average Bonchev–Trinajstić information content (AvgIpc) is 3.30. The van der Waals surface area contributed by atoms with E-state index in [4.69, 9.17) is 0 Å². The highest BCUT2D eigenvalue weighted by molar-refractivity contribution is 5.96. The molecule has 200 valence electrons. The van der Waals surface area contributed by atoms with Crippen molar-refractivity contribution in [3.8, 4) is 0 Å². The molecule has 1 aromatic heterocycles. The van der Waals surface area contributed by atoms with Crippen LogP contribution in [0, 0.1) is 0 Å². The van der Waals surface area contributed by atoms with Crippen LogP contribution in [0.1, 0.15) is 43.7 Å². The standard InChI is InChI=1S/C29H34N4O5/c1-2-3-12-24(32-26(34)15-20-17-30-23-13-8-7-11-22(20)23)29(38)33-18-21(14-19-9-5-4-6-10-19)31-28(37)25(33)16-27(35)36/h4-11,13,17,21,24-25,30H,2-3,12,14-16,18H2,1H3,(H,31,37)(H,32,34)(H,35,36)/t21-,24-,25-/m0/s1. The Bertz CT molecular complexity index is 1290. The summed E-state index contributed by atoms with van der Waals surface area (Å²) >= 11 is 0. The molecule has 0 bridgehead atoms. The van der Waals surface area contributed by atoms with Crippen molar-refractivity contribution in [2.45, 2.75) is 63.6 Å². The molecule has 2 aromatic carbocycles. The number of H-pyrrole nitrogens is 1. The van der Waals surface area contributed by atoms with Gasteiger partial charge in [-0.05, 0) is 30.0 Å². The van der Waals surface area contributed by atoms with Crippen molar-refractivity contribution >= 4 is 34.6 Å². The monoisotopic (exact) mass is 518 g/mol. The van der Waals surface area contributed by atoms with Crippen molar-refractivity contribution in [1.82, 2.24) is 20.5 Å². The zero-order valence-corrected chi connectivity index (χ0v) is 21.5. The molecule has 0 saturated carbocycles. The van der Waals surface area contributed by atoms with Gasteiger partial charge in [0, 0.05) is 23.6 Å². The molecule has 1 aliphatic rings. The number of carboxylic acids is 1. The van der Waals surface area contributed by atoms with Crippen LogP contribution < -0.4 is 10.6 Å². The lowest BCUT2D eigenvalue weighted by Gasteiger charge is -2.40. The van der Waals surface area contributed by atoms with Gasteiger partial charge in [-0.25, -0.2) is 0 Å². The second kappa shape index (κ2) is 12.4. The SMILES string of the molecule is CCCC[C@H](NC(=O)Cc1c[nH]c2ccccc12)C(=O)N1C[C@H](Cc2ccccc2)NC(=O)[C@@H]1CC(=O)O. The van der Waals surface area contributed by atoms with Crippen LogP contribution in [-0.4, -0.2) is 63.4 Å². The van der Waals surface area contributed by atoms with Crippen LogP contribution >= 0.6 is 0 Å². The summed E-state index contributed by atoms with van der Waals surface area (Å²) in [5.41, 5.74) is 2.74. The molecule has 4 N–H and O–H groups in total. The first kappa shape index (κ1) is 26.9. The van der Waals surface area contributed by atoms with Gasteiger partial charge in [0.1, 0.15) is 12.1 Å². The summed E-state index contributed by atoms with van der Waals surface area (Å²) in [5.74, 6) is -2.39. The highest BCUT2D eigenvalue weighted by Crippen LogP contribution is 2.20. The van der Waals surface area contributed by atoms with Crippen LogP contribution in [0.25, 0.3) is 10.9 Å². The molecule has 1 aliphatic heterocycles. The number of nitrogens with zero attached hydrogens (tertiary/aromatic N) is 1. The molecule has 0 radical (unpaired) electrons. The van der Waals surface area contributed by atoms with E-state index in [2.05, 4.69) is 15.6 Å². The number of carboxylic acid groups (broad SMARTS) is 1. The van der Waals surface area contributed by atoms with E-state index in [-0.39, 0.29) is 24.9 Å². The average molecular weight is 519 g/mol. The van der Waals surface area contributed by atoms with Crippen molar-refractivity contribution in [2.24, 2.45) is 0 Å². The third-order valence-electron chi connectivity index (χ3n) is 6.92. The second-order valence-corrected chi connectivity index (χ2v) is 9.80. The van der Waals surface area contributed by atoms with E-state index in [1.807, 2.05) is 61.5 Å². The number of unbranched alkanes of at least 4 members (excludes halogenated alkanes) is 1. The van der Waals surface area contributed by atoms with Gasteiger partial charge >= 0.3 is 5.97 Å². The summed E-state index contributed by atoms with van der Waals surface area (Å²) in [7, 11) is 0. The molecule has 9 nitrogen and oxygen atoms in total. The number of piperazine rings is 1. The van der Waals surface area contributed by atoms with E-state index >= 15 is 0 Å². The number of fused-ring (bicyclic) bond motifs is 1. The summed E-state index contributed by atoms with van der Waals surface area (Å²) in [6, 6.07) is 14.9. The van der Waals surface area contributed by atoms with Gasteiger partial charge in [-0.3, -0.25) is 19.2 Å². The molecular formula is C29H34N4O5. The number of para-hydroxylation sites is 1. The van der Waals surface area contributed by atoms with Crippen molar-refractivity contribution in [3.63, 3.8) is 0 Å². The Morgan fingerprint density at radius 3 is 2.58 bits per heavy atom. The summed E-state index contributed by atoms with van der Waals surface area (Å²) in [6.45, 7) is 2.16. The van der Waals surface area contributed by atoms with Gasteiger partial charge in [-0.15, -0.1) is 0 Å². The molecule has 38 heavy (non-hydrogen) atoms. The lowest BCUT2D eigenvalue weighted by molar-refractivity contribution is -0.151. The Morgan fingerprint density at radius 1 is 1.11 bits per heavy atom. The highest BCUT2D eigenvalue weighted by atomic mass is 16.4. The van der Waals surface area contributed by atoms with Crippen LogP contribution in [0.5, 0.6) is 0 Å². The number of aromatic amines is 1. The van der Waals surface area contributed by atoms with Crippen molar-refractivity contribution < 1.29 is 24.3 Å². The van der Waals surface area contributed by atoms with E-state index in [0.717, 1.165) is 28.5 Å². The number of hydrogen-bond acceptors (Lipinski definition) is 4. The number of nitrogens with one attached hydrogen (secondary N) is 3. The summed E-state index contributed by atoms with van der Waals surface area (Å²) in [6.07, 6.45) is 3.80. The molecule has 0 unspecified atom stereocenters. The Morgan fingerprint density at radius 2 is 1.84 bits per heavy atom. The zero-order valence-electron chi connectivity index (χ0n) is 21.5. The number of rotatable bonds is 11. The first-order valence-corrected chi connectivity index (χ1v) is 13.1. The van der Waals surface area contributed by atoms with Gasteiger partial charge in [0.15, 0.2) is 0 Å². The minimum atomic E-state index is -1.17. The van der Waals surface area contributed by atoms with E-state index in [0.29, 0.717) is 19.3 Å². The topological polar surface area (TPSA) is 132 Å². The van der Waals surface area contributed by atoms with Gasteiger partial charge < -0.3 is 25.6 Å². The summed E-state index contributed by atoms with van der Waals surface area (Å²) in [5, 5.41) is 16.2. The minimum Gasteiger partial charge on any atom is -0.481 e. The van der Waals surface area contributed by atoms with Crippen LogP contribution in [0.2, 0.25) is 0 Å². The number of hydrogen-bond donors (Lipinski definition) is 4. The molecular weight excluding hydrogens is 484 g/mol. The molecule has 1 saturated heterocycles. The normalized spacial score (nSPS) is 18.1. The lowest BCUT2D eigenvalue weighted by Crippen LogP contribution is -2.65. The predicted octanol–water partition coefficient (Wildman–Crippen LogP) is 2.80. The molecule has 3 amide bonds. The molecule has 3 aromatic rings. The molecule has 9 heteroatoms. The smallest absolute Gasteiger partial charge is 0.305 e. The fourth-order valence-corrected chi connectivity index (χ4v) is 5.04. The van der Waals surface area contributed by atoms with Crippen LogP contribution in [0.4, 0.5) is 0 Å². The Balaban J connectivity index is 1.52. The molecule has 4 rings (SSSR count). The first-order valence-electron chi connectivity index (χ1n) is 13.1. The number of amides is 3. The first-order chi connectivity index (χ1) is 18.4. The number of carbonyl (C=O) groups is 4. The Hall–Kier alpha value is -4.14. The Labute approximate surface area is 221 Å². The van der Waals surface area contributed by atoms with E-state index in [1.54, 1.807) is 6.20 Å². The predicted molar refractivity (Wildman–Crippen MR) is 143 cm³/mol. The lowest BCUT2D eigenvalue weighted by atomic mass is 9.97. The van der Waals surface area contributed by atoms with Gasteiger partial charge in [-0.2, -0.15) is 0 Å². The highest BCUT2D eigenvalue weighted by Gasteiger charge is 2.41. The summed E-state index contributed by atoms with van der Waals surface area (Å²) < 4.78 is 0. The van der Waals surface area contributed by atoms with Gasteiger partial charge in [0.25, 0.3) is 0 Å². The molecule has 3 atom stereocenters.